The highest BCUT2D eigenvalue weighted by molar-refractivity contribution is 8.00. The van der Waals surface area contributed by atoms with Gasteiger partial charge in [0.25, 0.3) is 0 Å². The highest BCUT2D eigenvalue weighted by atomic mass is 32.2. The number of alkyl halides is 3. The SMILES string of the molecule is CC1CCCN1S(=O)c1ccc(F)cc1.O=CNCc1cc(-c2ccc(SC(F)(F)F)cc2)ncn1. The van der Waals surface area contributed by atoms with Crippen molar-refractivity contribution >= 4 is 29.2 Å². The first kappa shape index (κ1) is 27.8. The number of halogens is 4. The van der Waals surface area contributed by atoms with Crippen LogP contribution in [0.25, 0.3) is 11.3 Å². The molecule has 1 N–H and O–H groups in total. The van der Waals surface area contributed by atoms with Gasteiger partial charge in [0, 0.05) is 23.0 Å². The lowest BCUT2D eigenvalue weighted by molar-refractivity contribution is -0.109. The molecule has 1 saturated heterocycles. The number of carbonyl (C=O) groups is 1. The number of aromatic nitrogens is 2. The molecule has 2 heterocycles. The zero-order valence-electron chi connectivity index (χ0n) is 19.2. The molecule has 12 heteroatoms. The summed E-state index contributed by atoms with van der Waals surface area (Å²) in [5, 5.41) is 2.48. The van der Waals surface area contributed by atoms with Gasteiger partial charge in [-0.1, -0.05) is 12.1 Å². The number of thioether (sulfide) groups is 1. The lowest BCUT2D eigenvalue weighted by Crippen LogP contribution is -2.28. The van der Waals surface area contributed by atoms with Crippen molar-refractivity contribution in [3.05, 3.63) is 72.4 Å². The van der Waals surface area contributed by atoms with Crippen LogP contribution in [0.2, 0.25) is 0 Å². The molecule has 1 aliphatic heterocycles. The van der Waals surface area contributed by atoms with Gasteiger partial charge in [-0.05, 0) is 74.0 Å². The maximum absolute atomic E-state index is 12.7. The van der Waals surface area contributed by atoms with Crippen LogP contribution in [0.1, 0.15) is 25.5 Å². The lowest BCUT2D eigenvalue weighted by atomic mass is 10.1. The topological polar surface area (TPSA) is 75.2 Å². The Bertz CT molecular complexity index is 1160. The predicted octanol–water partition coefficient (Wildman–Crippen LogP) is 5.33. The van der Waals surface area contributed by atoms with Gasteiger partial charge in [0.05, 0.1) is 22.8 Å². The number of nitrogens with zero attached hydrogens (tertiary/aromatic N) is 3. The number of rotatable bonds is 7. The third-order valence-corrected chi connectivity index (χ3v) is 7.58. The molecule has 2 unspecified atom stereocenters. The first-order valence-corrected chi connectivity index (χ1v) is 12.9. The molecule has 0 spiro atoms. The van der Waals surface area contributed by atoms with Crippen molar-refractivity contribution in [3.8, 4) is 11.3 Å². The molecule has 0 aliphatic carbocycles. The van der Waals surface area contributed by atoms with Crippen molar-refractivity contribution in [2.75, 3.05) is 6.54 Å². The van der Waals surface area contributed by atoms with E-state index in [1.165, 1.54) is 30.6 Å². The van der Waals surface area contributed by atoms with E-state index >= 15 is 0 Å². The van der Waals surface area contributed by atoms with Crippen molar-refractivity contribution in [1.82, 2.24) is 19.6 Å². The highest BCUT2D eigenvalue weighted by Crippen LogP contribution is 2.37. The van der Waals surface area contributed by atoms with Crippen LogP contribution >= 0.6 is 11.8 Å². The summed E-state index contributed by atoms with van der Waals surface area (Å²) in [4.78, 5) is 19.1. The van der Waals surface area contributed by atoms with Crippen LogP contribution in [0.4, 0.5) is 17.6 Å². The van der Waals surface area contributed by atoms with Gasteiger partial charge < -0.3 is 5.32 Å². The van der Waals surface area contributed by atoms with Gasteiger partial charge in [-0.2, -0.15) is 13.2 Å². The van der Waals surface area contributed by atoms with Crippen LogP contribution in [0.3, 0.4) is 0 Å². The molecule has 6 nitrogen and oxygen atoms in total. The summed E-state index contributed by atoms with van der Waals surface area (Å²) in [6, 6.07) is 13.8. The van der Waals surface area contributed by atoms with Gasteiger partial charge in [0.2, 0.25) is 6.41 Å². The lowest BCUT2D eigenvalue weighted by Gasteiger charge is -2.19. The largest absolute Gasteiger partial charge is 0.446 e. The van der Waals surface area contributed by atoms with E-state index in [9.17, 15) is 26.6 Å². The van der Waals surface area contributed by atoms with Crippen LogP contribution in [0, 0.1) is 5.82 Å². The summed E-state index contributed by atoms with van der Waals surface area (Å²) in [7, 11) is -1.13. The minimum absolute atomic E-state index is 0.114. The molecular formula is C24H24F4N4O2S2. The summed E-state index contributed by atoms with van der Waals surface area (Å²) in [6.45, 7) is 3.21. The quantitative estimate of drug-likeness (QED) is 0.249. The number of amides is 1. The Kier molecular flexibility index (Phi) is 9.97. The van der Waals surface area contributed by atoms with Gasteiger partial charge in [0.1, 0.15) is 23.1 Å². The Labute approximate surface area is 213 Å². The highest BCUT2D eigenvalue weighted by Gasteiger charge is 2.29. The number of carbonyl (C=O) groups excluding carboxylic acids is 1. The minimum Gasteiger partial charge on any atom is -0.353 e. The minimum atomic E-state index is -4.30. The summed E-state index contributed by atoms with van der Waals surface area (Å²) >= 11 is -0.163. The predicted molar refractivity (Wildman–Crippen MR) is 130 cm³/mol. The second-order valence-electron chi connectivity index (χ2n) is 7.80. The molecule has 3 aromatic rings. The molecule has 0 radical (unpaired) electrons. The van der Waals surface area contributed by atoms with Crippen LogP contribution in [0.5, 0.6) is 0 Å². The molecule has 1 fully saturated rings. The maximum atomic E-state index is 12.7. The fourth-order valence-corrected chi connectivity index (χ4v) is 5.37. The Morgan fingerprint density at radius 2 is 1.83 bits per heavy atom. The molecule has 36 heavy (non-hydrogen) atoms. The van der Waals surface area contributed by atoms with Crippen LogP contribution in [0.15, 0.2) is 70.7 Å². The summed E-state index contributed by atoms with van der Waals surface area (Å²) in [5.74, 6) is -0.287. The molecule has 2 atom stereocenters. The molecular weight excluding hydrogens is 516 g/mol. The molecule has 4 rings (SSSR count). The fourth-order valence-electron chi connectivity index (χ4n) is 3.47. The van der Waals surface area contributed by atoms with Crippen molar-refractivity contribution in [3.63, 3.8) is 0 Å². The Hall–Kier alpha value is -2.83. The maximum Gasteiger partial charge on any atom is 0.446 e. The average molecular weight is 541 g/mol. The Balaban J connectivity index is 0.000000212. The van der Waals surface area contributed by atoms with Crippen LogP contribution < -0.4 is 5.32 Å². The van der Waals surface area contributed by atoms with Crippen molar-refractivity contribution in [2.45, 2.75) is 47.7 Å². The number of benzene rings is 2. The van der Waals surface area contributed by atoms with E-state index < -0.39 is 16.5 Å². The second kappa shape index (κ2) is 12.9. The van der Waals surface area contributed by atoms with E-state index in [2.05, 4.69) is 22.2 Å². The molecule has 1 aliphatic rings. The third kappa shape index (κ3) is 8.38. The fraction of sp³-hybridized carbons (Fsp3) is 0.292. The Morgan fingerprint density at radius 3 is 2.42 bits per heavy atom. The number of nitrogens with one attached hydrogen (secondary N) is 1. The third-order valence-electron chi connectivity index (χ3n) is 5.19. The van der Waals surface area contributed by atoms with Gasteiger partial charge in [0.15, 0.2) is 0 Å². The zero-order chi connectivity index (χ0) is 26.1. The first-order chi connectivity index (χ1) is 17.2. The molecule has 0 bridgehead atoms. The van der Waals surface area contributed by atoms with Gasteiger partial charge in [-0.15, -0.1) is 0 Å². The number of hydrogen-bond donors (Lipinski definition) is 1. The normalized spacial score (nSPS) is 16.6. The monoisotopic (exact) mass is 540 g/mol. The van der Waals surface area contributed by atoms with Gasteiger partial charge in [-0.3, -0.25) is 4.79 Å². The molecule has 1 aromatic heterocycles. The van der Waals surface area contributed by atoms with Crippen LogP contribution in [-0.4, -0.2) is 43.0 Å². The van der Waals surface area contributed by atoms with Crippen LogP contribution in [-0.2, 0) is 22.3 Å². The second-order valence-corrected chi connectivity index (χ2v) is 10.4. The molecule has 0 saturated carbocycles. The first-order valence-electron chi connectivity index (χ1n) is 10.9. The van der Waals surface area contributed by atoms with E-state index in [4.69, 9.17) is 0 Å². The van der Waals surface area contributed by atoms with Gasteiger partial charge in [-0.25, -0.2) is 22.9 Å². The summed E-state index contributed by atoms with van der Waals surface area (Å²) < 4.78 is 63.5. The van der Waals surface area contributed by atoms with Gasteiger partial charge >= 0.3 is 5.51 Å². The molecule has 1 amide bonds. The summed E-state index contributed by atoms with van der Waals surface area (Å²) in [6.07, 6.45) is 4.08. The van der Waals surface area contributed by atoms with Crippen molar-refractivity contribution < 1.29 is 26.6 Å². The van der Waals surface area contributed by atoms with E-state index in [1.807, 2.05) is 4.31 Å². The van der Waals surface area contributed by atoms with E-state index in [1.54, 1.807) is 30.3 Å². The zero-order valence-corrected chi connectivity index (χ0v) is 20.9. The van der Waals surface area contributed by atoms with E-state index in [0.29, 0.717) is 34.3 Å². The van der Waals surface area contributed by atoms with E-state index in [-0.39, 0.29) is 29.0 Å². The average Bonchev–Trinajstić information content (AvgIpc) is 3.28. The smallest absolute Gasteiger partial charge is 0.353 e. The summed E-state index contributed by atoms with van der Waals surface area (Å²) in [5.41, 5.74) is -2.43. The molecule has 2 aromatic carbocycles. The standard InChI is InChI=1S/C13H10F3N3OS.C11H14FNOS/c14-13(15,16)21-11-3-1-9(2-4-11)12-5-10(6-17-8-20)18-7-19-12;1-9-3-2-8-13(9)15(14)11-6-4-10(12)5-7-11/h1-5,7-8H,6H2,(H,17,20);4-7,9H,2-3,8H2,1H3. The number of hydrogen-bond acceptors (Lipinski definition) is 5. The van der Waals surface area contributed by atoms with Crippen molar-refractivity contribution in [2.24, 2.45) is 0 Å². The Morgan fingerprint density at radius 1 is 1.14 bits per heavy atom. The van der Waals surface area contributed by atoms with E-state index in [0.717, 1.165) is 19.4 Å². The van der Waals surface area contributed by atoms with Crippen molar-refractivity contribution in [1.29, 1.82) is 0 Å². The molecule has 192 valence electrons.